The lowest BCUT2D eigenvalue weighted by Gasteiger charge is -2.33. The molecule has 2 heteroatoms. The fourth-order valence-electron chi connectivity index (χ4n) is 14.1. The number of fused-ring (bicyclic) bond motifs is 18. The molecule has 15 rings (SSSR count). The first kappa shape index (κ1) is 46.6. The van der Waals surface area contributed by atoms with Gasteiger partial charge >= 0.3 is 0 Å². The molecule has 0 amide bonds. The van der Waals surface area contributed by atoms with Crippen molar-refractivity contribution in [2.24, 2.45) is 0 Å². The quantitative estimate of drug-likeness (QED) is 0.171. The summed E-state index contributed by atoms with van der Waals surface area (Å²) < 4.78 is 6.70. The van der Waals surface area contributed by atoms with Crippen LogP contribution in [0.5, 0.6) is 0 Å². The second-order valence-electron chi connectivity index (χ2n) is 24.8. The summed E-state index contributed by atoms with van der Waals surface area (Å²) >= 11 is 0. The molecular weight excluding hydrogens is 943 g/mol. The van der Waals surface area contributed by atoms with Gasteiger partial charge in [-0.3, -0.25) is 0 Å². The molecule has 78 heavy (non-hydrogen) atoms. The van der Waals surface area contributed by atoms with Crippen LogP contribution in [0.4, 0.5) is 17.1 Å². The monoisotopic (exact) mass is 1000 g/mol. The fourth-order valence-corrected chi connectivity index (χ4v) is 14.1. The van der Waals surface area contributed by atoms with Crippen LogP contribution in [-0.4, -0.2) is 0 Å². The second kappa shape index (κ2) is 16.4. The Morgan fingerprint density at radius 2 is 0.936 bits per heavy atom. The number of hydrogen-bond acceptors (Lipinski definition) is 2. The number of nitrogens with zero attached hydrogens (tertiary/aromatic N) is 1. The van der Waals surface area contributed by atoms with Crippen molar-refractivity contribution in [1.82, 2.24) is 0 Å². The van der Waals surface area contributed by atoms with Gasteiger partial charge in [-0.05, 0) is 153 Å². The zero-order valence-corrected chi connectivity index (χ0v) is 45.7. The van der Waals surface area contributed by atoms with Crippen LogP contribution in [0.1, 0.15) is 99.9 Å². The van der Waals surface area contributed by atoms with E-state index in [1.165, 1.54) is 94.4 Å². The van der Waals surface area contributed by atoms with Crippen molar-refractivity contribution in [3.05, 3.63) is 269 Å². The van der Waals surface area contributed by atoms with Gasteiger partial charge in [0, 0.05) is 38.5 Å². The van der Waals surface area contributed by atoms with Crippen LogP contribution in [0.3, 0.4) is 0 Å². The zero-order chi connectivity index (χ0) is 53.0. The van der Waals surface area contributed by atoms with Crippen LogP contribution in [0.2, 0.25) is 0 Å². The van der Waals surface area contributed by atoms with Gasteiger partial charge < -0.3 is 9.32 Å². The lowest BCUT2D eigenvalue weighted by atomic mass is 9.69. The molecule has 1 heterocycles. The van der Waals surface area contributed by atoms with E-state index in [9.17, 15) is 0 Å². The van der Waals surface area contributed by atoms with Gasteiger partial charge in [0.15, 0.2) is 0 Å². The average molecular weight is 1000 g/mol. The Labute approximate surface area is 458 Å². The molecule has 1 aromatic heterocycles. The molecule has 0 atom stereocenters. The van der Waals surface area contributed by atoms with Gasteiger partial charge in [0.1, 0.15) is 11.2 Å². The van der Waals surface area contributed by atoms with Crippen molar-refractivity contribution in [3.63, 3.8) is 0 Å². The minimum Gasteiger partial charge on any atom is -0.455 e. The van der Waals surface area contributed by atoms with Gasteiger partial charge in [-0.15, -0.1) is 0 Å². The number of para-hydroxylation sites is 1. The second-order valence-corrected chi connectivity index (χ2v) is 24.8. The number of rotatable bonds is 5. The molecule has 0 bridgehead atoms. The molecule has 3 aliphatic rings. The highest BCUT2D eigenvalue weighted by atomic mass is 16.3. The number of anilines is 3. The molecule has 0 unspecified atom stereocenters. The van der Waals surface area contributed by atoms with Crippen molar-refractivity contribution in [2.45, 2.75) is 77.0 Å². The van der Waals surface area contributed by atoms with E-state index in [0.29, 0.717) is 0 Å². The first-order valence-electron chi connectivity index (χ1n) is 27.8. The van der Waals surface area contributed by atoms with E-state index in [-0.39, 0.29) is 16.2 Å². The van der Waals surface area contributed by atoms with Gasteiger partial charge in [0.25, 0.3) is 0 Å². The summed E-state index contributed by atoms with van der Waals surface area (Å²) in [6.45, 7) is 18.8. The Balaban J connectivity index is 0.963. The third kappa shape index (κ3) is 6.50. The van der Waals surface area contributed by atoms with Gasteiger partial charge in [0.05, 0.1) is 11.1 Å². The third-order valence-electron chi connectivity index (χ3n) is 18.0. The summed E-state index contributed by atoms with van der Waals surface area (Å²) in [4.78, 5) is 2.52. The smallest absolute Gasteiger partial charge is 0.143 e. The van der Waals surface area contributed by atoms with E-state index in [4.69, 9.17) is 4.42 Å². The summed E-state index contributed by atoms with van der Waals surface area (Å²) in [5, 5.41) is 4.58. The number of benzene rings is 11. The van der Waals surface area contributed by atoms with Crippen LogP contribution in [0, 0.1) is 0 Å². The molecule has 0 saturated heterocycles. The Morgan fingerprint density at radius 3 is 1.67 bits per heavy atom. The maximum absolute atomic E-state index is 6.70. The molecule has 0 saturated carbocycles. The minimum absolute atomic E-state index is 0.0275. The van der Waals surface area contributed by atoms with Crippen molar-refractivity contribution < 1.29 is 4.42 Å². The number of hydrogen-bond donors (Lipinski definition) is 0. The van der Waals surface area contributed by atoms with Crippen molar-refractivity contribution in [1.29, 1.82) is 0 Å². The predicted molar refractivity (Wildman–Crippen MR) is 328 cm³/mol. The van der Waals surface area contributed by atoms with Crippen molar-refractivity contribution in [2.75, 3.05) is 4.90 Å². The molecular formula is C76H61NO. The predicted octanol–water partition coefficient (Wildman–Crippen LogP) is 20.8. The van der Waals surface area contributed by atoms with E-state index >= 15 is 0 Å². The number of furan rings is 1. The fraction of sp³-hybridized carbons (Fsp3) is 0.158. The van der Waals surface area contributed by atoms with E-state index in [1.807, 2.05) is 0 Å². The molecule has 0 radical (unpaired) electrons. The Bertz CT molecular complexity index is 4430. The molecule has 3 aliphatic carbocycles. The normalized spacial score (nSPS) is 14.4. The summed E-state index contributed by atoms with van der Waals surface area (Å²) in [5.41, 5.74) is 27.9. The molecule has 0 N–H and O–H groups in total. The summed E-state index contributed by atoms with van der Waals surface area (Å²) in [5.74, 6) is 0. The van der Waals surface area contributed by atoms with Gasteiger partial charge in [0.2, 0.25) is 0 Å². The molecule has 12 aromatic rings. The van der Waals surface area contributed by atoms with Crippen LogP contribution >= 0.6 is 0 Å². The Kier molecular flexibility index (Phi) is 9.79. The standard InChI is InChI=1S/C76H61NO/c1-73(2,3)48-34-40-55-56-41-35-49(74(4,5)6)44-67(56)76(66(55)43-48)63-27-15-11-21-54(63)61-45-51(38-42-64(61)76)77(68-29-16-13-22-57(68)58-25-17-28-65-70(58)59-23-12-14-26-62(59)75(65,7)8)50-36-31-47(32-37-50)52-24-18-30-69-71(52)60-39-33-46-19-9-10-20-53(46)72(60)78-69/h9-45H,1-8H3. The summed E-state index contributed by atoms with van der Waals surface area (Å²) in [7, 11) is 0. The Morgan fingerprint density at radius 1 is 0.372 bits per heavy atom. The highest BCUT2D eigenvalue weighted by Crippen LogP contribution is 2.64. The van der Waals surface area contributed by atoms with E-state index in [2.05, 4.69) is 285 Å². The molecule has 2 nitrogen and oxygen atoms in total. The SMILES string of the molecule is CC(C)(C)c1ccc2c(c1)C1(c3ccccc3-c3cc(N(c4ccc(-c5cccc6oc7c8ccccc8ccc7c56)cc4)c4ccccc4-c4cccc5c4-c4ccccc4C5(C)C)ccc31)c1cc(C(C)(C)C)ccc1-2. The van der Waals surface area contributed by atoms with E-state index < -0.39 is 5.41 Å². The lowest BCUT2D eigenvalue weighted by Crippen LogP contribution is -2.27. The minimum atomic E-state index is -0.503. The topological polar surface area (TPSA) is 16.4 Å². The van der Waals surface area contributed by atoms with Gasteiger partial charge in [-0.25, -0.2) is 0 Å². The summed E-state index contributed by atoms with van der Waals surface area (Å²) in [6, 6.07) is 85.0. The third-order valence-corrected chi connectivity index (χ3v) is 18.0. The van der Waals surface area contributed by atoms with Crippen LogP contribution < -0.4 is 4.90 Å². The summed E-state index contributed by atoms with van der Waals surface area (Å²) in [6.07, 6.45) is 0. The van der Waals surface area contributed by atoms with Crippen molar-refractivity contribution in [3.8, 4) is 55.6 Å². The molecule has 1 spiro atoms. The highest BCUT2D eigenvalue weighted by molar-refractivity contribution is 6.19. The van der Waals surface area contributed by atoms with Gasteiger partial charge in [-0.2, -0.15) is 0 Å². The molecule has 376 valence electrons. The Hall–Kier alpha value is -8.72. The maximum atomic E-state index is 6.70. The molecule has 0 aliphatic heterocycles. The highest BCUT2D eigenvalue weighted by Gasteiger charge is 2.52. The van der Waals surface area contributed by atoms with Crippen LogP contribution in [-0.2, 0) is 21.7 Å². The lowest BCUT2D eigenvalue weighted by molar-refractivity contribution is 0.586. The maximum Gasteiger partial charge on any atom is 0.143 e. The van der Waals surface area contributed by atoms with E-state index in [0.717, 1.165) is 55.5 Å². The van der Waals surface area contributed by atoms with Crippen LogP contribution in [0.15, 0.2) is 229 Å². The molecule has 0 fully saturated rings. The van der Waals surface area contributed by atoms with Gasteiger partial charge in [-0.1, -0.05) is 237 Å². The van der Waals surface area contributed by atoms with E-state index in [1.54, 1.807) is 0 Å². The molecule has 11 aromatic carbocycles. The average Bonchev–Trinajstić information content (AvgIpc) is 4.35. The first-order valence-corrected chi connectivity index (χ1v) is 27.8. The van der Waals surface area contributed by atoms with Crippen LogP contribution in [0.25, 0.3) is 88.3 Å². The largest absolute Gasteiger partial charge is 0.455 e. The van der Waals surface area contributed by atoms with Crippen molar-refractivity contribution >= 4 is 49.8 Å². The first-order chi connectivity index (χ1) is 37.7. The zero-order valence-electron chi connectivity index (χ0n) is 45.7.